The first-order valence-electron chi connectivity index (χ1n) is 10.5. The number of methoxy groups -OCH3 is 2. The van der Waals surface area contributed by atoms with Crippen LogP contribution < -0.4 is 9.47 Å². The molecule has 150 valence electrons. The highest BCUT2D eigenvalue weighted by molar-refractivity contribution is 5.48. The molecule has 0 radical (unpaired) electrons. The van der Waals surface area contributed by atoms with Gasteiger partial charge in [-0.05, 0) is 91.4 Å². The number of nitrogens with zero attached hydrogens (tertiary/aromatic N) is 1. The largest absolute Gasteiger partial charge is 0.508 e. The topological polar surface area (TPSA) is 41.9 Å². The molecule has 0 aromatic heterocycles. The van der Waals surface area contributed by atoms with Crippen molar-refractivity contribution in [1.82, 2.24) is 4.90 Å². The van der Waals surface area contributed by atoms with E-state index in [9.17, 15) is 5.11 Å². The van der Waals surface area contributed by atoms with Crippen LogP contribution in [0.1, 0.15) is 53.9 Å². The highest BCUT2D eigenvalue weighted by Crippen LogP contribution is 2.39. The predicted molar refractivity (Wildman–Crippen MR) is 112 cm³/mol. The zero-order chi connectivity index (χ0) is 19.5. The van der Waals surface area contributed by atoms with Crippen LogP contribution in [0.25, 0.3) is 0 Å². The van der Waals surface area contributed by atoms with Gasteiger partial charge in [-0.3, -0.25) is 4.90 Å². The average molecular weight is 382 g/mol. The summed E-state index contributed by atoms with van der Waals surface area (Å²) in [4.78, 5) is 2.56. The second kappa shape index (κ2) is 8.44. The van der Waals surface area contributed by atoms with Crippen LogP contribution >= 0.6 is 0 Å². The number of phenols is 1. The molecule has 4 heteroatoms. The van der Waals surface area contributed by atoms with Crippen molar-refractivity contribution in [3.63, 3.8) is 0 Å². The van der Waals surface area contributed by atoms with Crippen LogP contribution in [0.5, 0.6) is 17.2 Å². The molecule has 1 atom stereocenters. The summed E-state index contributed by atoms with van der Waals surface area (Å²) in [6.45, 7) is 3.21. The van der Waals surface area contributed by atoms with E-state index < -0.39 is 0 Å². The number of hydrogen-bond acceptors (Lipinski definition) is 4. The van der Waals surface area contributed by atoms with Gasteiger partial charge in [0.15, 0.2) is 11.5 Å². The maximum atomic E-state index is 10.1. The van der Waals surface area contributed by atoms with Gasteiger partial charge < -0.3 is 14.6 Å². The molecule has 1 aliphatic heterocycles. The summed E-state index contributed by atoms with van der Waals surface area (Å²) in [7, 11) is 3.40. The summed E-state index contributed by atoms with van der Waals surface area (Å²) in [6, 6.07) is 10.3. The van der Waals surface area contributed by atoms with Gasteiger partial charge in [0.1, 0.15) is 5.75 Å². The van der Waals surface area contributed by atoms with Gasteiger partial charge in [-0.25, -0.2) is 0 Å². The molecule has 28 heavy (non-hydrogen) atoms. The molecule has 1 unspecified atom stereocenters. The molecule has 4 nitrogen and oxygen atoms in total. The molecule has 0 fully saturated rings. The van der Waals surface area contributed by atoms with Crippen LogP contribution in [0.3, 0.4) is 0 Å². The Morgan fingerprint density at radius 1 is 1.07 bits per heavy atom. The van der Waals surface area contributed by atoms with Gasteiger partial charge in [0, 0.05) is 13.1 Å². The quantitative estimate of drug-likeness (QED) is 0.790. The smallest absolute Gasteiger partial charge is 0.161 e. The molecule has 0 saturated heterocycles. The molecule has 2 aliphatic rings. The maximum absolute atomic E-state index is 10.1. The Morgan fingerprint density at radius 3 is 2.64 bits per heavy atom. The molecule has 0 bridgehead atoms. The summed E-state index contributed by atoms with van der Waals surface area (Å²) in [6.07, 6.45) is 6.92. The SMILES string of the molecule is COc1cc2c(cc1OC)CN(CCCC1CCCc3c(O)cccc31)CC2. The number of ether oxygens (including phenoxy) is 2. The first-order chi connectivity index (χ1) is 13.7. The van der Waals surface area contributed by atoms with Crippen LogP contribution in [0.2, 0.25) is 0 Å². The molecular formula is C24H31NO3. The van der Waals surface area contributed by atoms with E-state index in [1.165, 1.54) is 47.9 Å². The number of rotatable bonds is 6. The molecule has 0 spiro atoms. The Hall–Kier alpha value is -2.20. The van der Waals surface area contributed by atoms with Crippen molar-refractivity contribution < 1.29 is 14.6 Å². The fraction of sp³-hybridized carbons (Fsp3) is 0.500. The van der Waals surface area contributed by atoms with Gasteiger partial charge in [0.2, 0.25) is 0 Å². The van der Waals surface area contributed by atoms with Crippen molar-refractivity contribution >= 4 is 0 Å². The molecule has 2 aromatic rings. The van der Waals surface area contributed by atoms with Gasteiger partial charge >= 0.3 is 0 Å². The molecule has 4 rings (SSSR count). The molecule has 1 N–H and O–H groups in total. The normalized spacial score (nSPS) is 19.0. The van der Waals surface area contributed by atoms with E-state index in [0.29, 0.717) is 11.7 Å². The van der Waals surface area contributed by atoms with E-state index in [0.717, 1.165) is 44.0 Å². The van der Waals surface area contributed by atoms with Crippen molar-refractivity contribution in [2.75, 3.05) is 27.3 Å². The molecule has 1 aliphatic carbocycles. The van der Waals surface area contributed by atoms with Crippen LogP contribution in [-0.4, -0.2) is 37.3 Å². The molecule has 2 aromatic carbocycles. The summed E-state index contributed by atoms with van der Waals surface area (Å²) >= 11 is 0. The van der Waals surface area contributed by atoms with Crippen molar-refractivity contribution in [3.05, 3.63) is 52.6 Å². The lowest BCUT2D eigenvalue weighted by Gasteiger charge is -2.31. The second-order valence-corrected chi connectivity index (χ2v) is 8.08. The van der Waals surface area contributed by atoms with Crippen molar-refractivity contribution in [2.24, 2.45) is 0 Å². The number of phenolic OH excluding ortho intramolecular Hbond substituents is 1. The number of benzene rings is 2. The minimum atomic E-state index is 0.485. The third kappa shape index (κ3) is 3.83. The van der Waals surface area contributed by atoms with Gasteiger partial charge in [0.25, 0.3) is 0 Å². The molecular weight excluding hydrogens is 350 g/mol. The predicted octanol–water partition coefficient (Wildman–Crippen LogP) is 4.67. The lowest BCUT2D eigenvalue weighted by atomic mass is 9.80. The fourth-order valence-electron chi connectivity index (χ4n) is 4.92. The van der Waals surface area contributed by atoms with E-state index in [-0.39, 0.29) is 0 Å². The monoisotopic (exact) mass is 381 g/mol. The lowest BCUT2D eigenvalue weighted by Crippen LogP contribution is -2.31. The Kier molecular flexibility index (Phi) is 5.77. The van der Waals surface area contributed by atoms with E-state index in [1.54, 1.807) is 14.2 Å². The Labute approximate surface area is 168 Å². The molecule has 0 saturated carbocycles. The van der Waals surface area contributed by atoms with Gasteiger partial charge in [-0.1, -0.05) is 12.1 Å². The molecule has 1 heterocycles. The number of hydrogen-bond donors (Lipinski definition) is 1. The minimum absolute atomic E-state index is 0.485. The Morgan fingerprint density at radius 2 is 1.86 bits per heavy atom. The highest BCUT2D eigenvalue weighted by Gasteiger charge is 2.23. The lowest BCUT2D eigenvalue weighted by molar-refractivity contribution is 0.244. The molecule has 0 amide bonds. The zero-order valence-electron chi connectivity index (χ0n) is 17.0. The summed E-state index contributed by atoms with van der Waals surface area (Å²) in [5.74, 6) is 2.73. The highest BCUT2D eigenvalue weighted by atomic mass is 16.5. The van der Waals surface area contributed by atoms with Crippen molar-refractivity contribution in [2.45, 2.75) is 51.0 Å². The van der Waals surface area contributed by atoms with Crippen molar-refractivity contribution in [1.29, 1.82) is 0 Å². The van der Waals surface area contributed by atoms with Crippen LogP contribution in [0.15, 0.2) is 30.3 Å². The van der Waals surface area contributed by atoms with E-state index in [2.05, 4.69) is 23.1 Å². The van der Waals surface area contributed by atoms with Crippen molar-refractivity contribution in [3.8, 4) is 17.2 Å². The van der Waals surface area contributed by atoms with E-state index >= 15 is 0 Å². The first-order valence-corrected chi connectivity index (χ1v) is 10.5. The third-order valence-corrected chi connectivity index (χ3v) is 6.43. The van der Waals surface area contributed by atoms with Crippen LogP contribution in [-0.2, 0) is 19.4 Å². The van der Waals surface area contributed by atoms with Gasteiger partial charge in [0.05, 0.1) is 14.2 Å². The van der Waals surface area contributed by atoms with E-state index in [4.69, 9.17) is 9.47 Å². The van der Waals surface area contributed by atoms with E-state index in [1.807, 2.05) is 12.1 Å². The Bertz CT molecular complexity index is 833. The summed E-state index contributed by atoms with van der Waals surface area (Å²) in [5, 5.41) is 10.1. The summed E-state index contributed by atoms with van der Waals surface area (Å²) < 4.78 is 10.9. The van der Waals surface area contributed by atoms with Gasteiger partial charge in [-0.15, -0.1) is 0 Å². The first kappa shape index (κ1) is 19.1. The number of aromatic hydroxyl groups is 1. The summed E-state index contributed by atoms with van der Waals surface area (Å²) in [5.41, 5.74) is 5.31. The third-order valence-electron chi connectivity index (χ3n) is 6.43. The number of fused-ring (bicyclic) bond motifs is 2. The Balaban J connectivity index is 1.36. The second-order valence-electron chi connectivity index (χ2n) is 8.08. The average Bonchev–Trinajstić information content (AvgIpc) is 2.73. The minimum Gasteiger partial charge on any atom is -0.508 e. The van der Waals surface area contributed by atoms with Crippen LogP contribution in [0, 0.1) is 0 Å². The van der Waals surface area contributed by atoms with Gasteiger partial charge in [-0.2, -0.15) is 0 Å². The zero-order valence-corrected chi connectivity index (χ0v) is 17.0. The maximum Gasteiger partial charge on any atom is 0.161 e. The van der Waals surface area contributed by atoms with Crippen LogP contribution in [0.4, 0.5) is 0 Å². The standard InChI is InChI=1S/C24H31NO3/c1-27-23-14-18-11-13-25(16-19(18)15-24(23)28-2)12-5-7-17-6-3-9-21-20(17)8-4-10-22(21)26/h4,8,10,14-15,17,26H,3,5-7,9,11-13,16H2,1-2H3. The fourth-order valence-corrected chi connectivity index (χ4v) is 4.92.